The fourth-order valence-electron chi connectivity index (χ4n) is 5.18. The molecule has 0 radical (unpaired) electrons. The van der Waals surface area contributed by atoms with Gasteiger partial charge in [0.1, 0.15) is 0 Å². The molecule has 0 N–H and O–H groups in total. The van der Waals surface area contributed by atoms with Crippen LogP contribution in [0.4, 0.5) is 0 Å². The molecule has 3 atom stereocenters. The Hall–Kier alpha value is -0.120. The van der Waals surface area contributed by atoms with Crippen LogP contribution in [0.1, 0.15) is 157 Å². The first-order chi connectivity index (χ1) is 18.5. The van der Waals surface area contributed by atoms with Gasteiger partial charge in [-0.25, -0.2) is 0 Å². The molecule has 4 rings (SSSR count). The number of rotatable bonds is 2. The molecule has 3 saturated heterocycles. The van der Waals surface area contributed by atoms with Crippen LogP contribution < -0.4 is 0 Å². The van der Waals surface area contributed by atoms with Gasteiger partial charge in [-0.2, -0.15) is 0 Å². The van der Waals surface area contributed by atoms with Crippen molar-refractivity contribution in [2.75, 3.05) is 39.3 Å². The third-order valence-electron chi connectivity index (χ3n) is 6.83. The zero-order valence-corrected chi connectivity index (χ0v) is 31.2. The van der Waals surface area contributed by atoms with Crippen LogP contribution in [0.15, 0.2) is 0 Å². The number of nitrogens with zero attached hydrogens (tertiary/aromatic N) is 3. The minimum atomic E-state index is 0.743. The van der Waals surface area contributed by atoms with Crippen molar-refractivity contribution in [1.29, 1.82) is 0 Å². The van der Waals surface area contributed by atoms with E-state index in [0.29, 0.717) is 0 Å². The van der Waals surface area contributed by atoms with Gasteiger partial charge >= 0.3 is 0 Å². The van der Waals surface area contributed by atoms with E-state index in [4.69, 9.17) is 0 Å². The van der Waals surface area contributed by atoms with Crippen LogP contribution in [-0.2, 0) is 0 Å². The maximum Gasteiger partial charge on any atom is 0.0224 e. The summed E-state index contributed by atoms with van der Waals surface area (Å²) in [6.07, 6.45) is 7.38. The van der Waals surface area contributed by atoms with Crippen molar-refractivity contribution in [2.24, 2.45) is 23.7 Å². The van der Waals surface area contributed by atoms with Gasteiger partial charge < -0.3 is 4.90 Å². The number of fused-ring (bicyclic) bond motifs is 2. The molecule has 3 heteroatoms. The van der Waals surface area contributed by atoms with E-state index in [2.05, 4.69) is 83.9 Å². The highest BCUT2D eigenvalue weighted by Gasteiger charge is 2.36. The molecular formula is C36H83N3. The van der Waals surface area contributed by atoms with E-state index in [9.17, 15) is 0 Å². The van der Waals surface area contributed by atoms with E-state index in [1.807, 2.05) is 55.4 Å². The van der Waals surface area contributed by atoms with E-state index in [1.165, 1.54) is 71.4 Å². The highest BCUT2D eigenvalue weighted by Crippen LogP contribution is 2.38. The standard InChI is InChI=1S/C10H20N2.C10H19N.2C4H10.4C2H6/c1-9(2)12-7-6-11-5-3-4-10(11)8-12;1-8(2)11-6-9-4-3-5-10(9)7-11;2*1-4(2)3;4*1-2/h9-10H,3-8H2,1-2H3;8-10H,3-7H2,1-2H3;2*4H,1-3H3;4*1-2H3. The number of likely N-dealkylation sites (tertiary alicyclic amines) is 1. The molecule has 0 bridgehead atoms. The Balaban J connectivity index is -0.000000208. The Bertz CT molecular complexity index is 423. The second-order valence-electron chi connectivity index (χ2n) is 12.4. The monoisotopic (exact) mass is 558 g/mol. The van der Waals surface area contributed by atoms with Crippen molar-refractivity contribution in [3.05, 3.63) is 0 Å². The van der Waals surface area contributed by atoms with Gasteiger partial charge in [0.25, 0.3) is 0 Å². The molecule has 0 aromatic rings. The fraction of sp³-hybridized carbons (Fsp3) is 1.00. The first-order valence-corrected chi connectivity index (χ1v) is 17.7. The predicted octanol–water partition coefficient (Wildman–Crippen LogP) is 10.7. The maximum atomic E-state index is 2.67. The Morgan fingerprint density at radius 1 is 0.436 bits per heavy atom. The molecule has 4 aliphatic rings. The molecule has 39 heavy (non-hydrogen) atoms. The minimum absolute atomic E-state index is 0.743. The summed E-state index contributed by atoms with van der Waals surface area (Å²) < 4.78 is 0. The largest absolute Gasteiger partial charge is 0.300 e. The molecule has 1 saturated carbocycles. The summed E-state index contributed by atoms with van der Waals surface area (Å²) in [5, 5.41) is 0. The molecule has 0 amide bonds. The average molecular weight is 558 g/mol. The maximum absolute atomic E-state index is 2.67. The Labute approximate surface area is 252 Å². The topological polar surface area (TPSA) is 9.72 Å². The third kappa shape index (κ3) is 24.2. The second-order valence-corrected chi connectivity index (χ2v) is 12.4. The summed E-state index contributed by atoms with van der Waals surface area (Å²) in [7, 11) is 0. The zero-order chi connectivity index (χ0) is 31.6. The van der Waals surface area contributed by atoms with E-state index in [0.717, 1.165) is 41.8 Å². The van der Waals surface area contributed by atoms with E-state index in [-0.39, 0.29) is 0 Å². The van der Waals surface area contributed by atoms with Crippen LogP contribution in [0.5, 0.6) is 0 Å². The van der Waals surface area contributed by atoms with Gasteiger partial charge in [0, 0.05) is 50.8 Å². The van der Waals surface area contributed by atoms with Crippen LogP contribution in [0.3, 0.4) is 0 Å². The quantitative estimate of drug-likeness (QED) is 0.334. The molecule has 0 aromatic heterocycles. The molecule has 0 aromatic carbocycles. The minimum Gasteiger partial charge on any atom is -0.300 e. The third-order valence-corrected chi connectivity index (χ3v) is 6.83. The molecule has 242 valence electrons. The van der Waals surface area contributed by atoms with Crippen molar-refractivity contribution in [3.63, 3.8) is 0 Å². The first kappa shape index (κ1) is 45.9. The fourth-order valence-corrected chi connectivity index (χ4v) is 5.18. The summed E-state index contributed by atoms with van der Waals surface area (Å²) in [5.41, 5.74) is 0. The van der Waals surface area contributed by atoms with Gasteiger partial charge in [0.2, 0.25) is 0 Å². The van der Waals surface area contributed by atoms with Crippen LogP contribution in [0.25, 0.3) is 0 Å². The molecule has 0 spiro atoms. The number of piperazine rings is 1. The summed E-state index contributed by atoms with van der Waals surface area (Å²) in [5.74, 6) is 3.80. The molecule has 1 aliphatic carbocycles. The van der Waals surface area contributed by atoms with Crippen LogP contribution in [0, 0.1) is 23.7 Å². The van der Waals surface area contributed by atoms with Gasteiger partial charge in [0.15, 0.2) is 0 Å². The molecule has 4 fully saturated rings. The van der Waals surface area contributed by atoms with E-state index in [1.54, 1.807) is 0 Å². The lowest BCUT2D eigenvalue weighted by atomic mass is 10.0. The normalized spacial score (nSPS) is 23.4. The number of hydrogen-bond acceptors (Lipinski definition) is 3. The SMILES string of the molecule is CC.CC.CC.CC.CC(C)C.CC(C)C.CC(C)N1CC2CCCC2C1.CC(C)N1CCN2CCCC2C1. The predicted molar refractivity (Wildman–Crippen MR) is 185 cm³/mol. The lowest BCUT2D eigenvalue weighted by Gasteiger charge is -2.39. The molecular weight excluding hydrogens is 474 g/mol. The van der Waals surface area contributed by atoms with Gasteiger partial charge in [0.05, 0.1) is 0 Å². The smallest absolute Gasteiger partial charge is 0.0224 e. The van der Waals surface area contributed by atoms with Gasteiger partial charge in [-0.3, -0.25) is 9.80 Å². The van der Waals surface area contributed by atoms with Gasteiger partial charge in [-0.15, -0.1) is 0 Å². The Morgan fingerprint density at radius 2 is 0.821 bits per heavy atom. The average Bonchev–Trinajstić information content (AvgIpc) is 3.65. The van der Waals surface area contributed by atoms with Crippen LogP contribution in [0.2, 0.25) is 0 Å². The molecule has 3 nitrogen and oxygen atoms in total. The summed E-state index contributed by atoms with van der Waals surface area (Å²) >= 11 is 0. The van der Waals surface area contributed by atoms with Gasteiger partial charge in [-0.05, 0) is 83.6 Å². The Kier molecular flexibility index (Phi) is 36.2. The van der Waals surface area contributed by atoms with Crippen molar-refractivity contribution in [3.8, 4) is 0 Å². The van der Waals surface area contributed by atoms with E-state index < -0.39 is 0 Å². The number of hydrogen-bond donors (Lipinski definition) is 0. The van der Waals surface area contributed by atoms with E-state index >= 15 is 0 Å². The molecule has 3 heterocycles. The summed E-state index contributed by atoms with van der Waals surface area (Å²) in [6.45, 7) is 46.3. The van der Waals surface area contributed by atoms with Crippen molar-refractivity contribution < 1.29 is 0 Å². The first-order valence-electron chi connectivity index (χ1n) is 17.7. The molecule has 3 unspecified atom stereocenters. The molecule has 3 aliphatic heterocycles. The highest BCUT2D eigenvalue weighted by atomic mass is 15.3. The highest BCUT2D eigenvalue weighted by molar-refractivity contribution is 4.89. The summed E-state index contributed by atoms with van der Waals surface area (Å²) in [4.78, 5) is 7.93. The van der Waals surface area contributed by atoms with Crippen molar-refractivity contribution >= 4 is 0 Å². The summed E-state index contributed by atoms with van der Waals surface area (Å²) in [6, 6.07) is 2.41. The Morgan fingerprint density at radius 3 is 1.18 bits per heavy atom. The van der Waals surface area contributed by atoms with Crippen LogP contribution in [-0.4, -0.2) is 72.1 Å². The van der Waals surface area contributed by atoms with Gasteiger partial charge in [-0.1, -0.05) is 103 Å². The zero-order valence-electron chi connectivity index (χ0n) is 31.2. The lowest BCUT2D eigenvalue weighted by molar-refractivity contribution is 0.0827. The van der Waals surface area contributed by atoms with Crippen LogP contribution >= 0.6 is 0 Å². The second kappa shape index (κ2) is 30.8. The van der Waals surface area contributed by atoms with Crippen molar-refractivity contribution in [1.82, 2.24) is 14.7 Å². The lowest BCUT2D eigenvalue weighted by Crippen LogP contribution is -2.52. The van der Waals surface area contributed by atoms with Crippen molar-refractivity contribution in [2.45, 2.75) is 175 Å².